The first-order chi connectivity index (χ1) is 19.3. The lowest BCUT2D eigenvalue weighted by atomic mass is 9.96. The van der Waals surface area contributed by atoms with Crippen molar-refractivity contribution in [2.24, 2.45) is 11.7 Å². The molecule has 0 saturated carbocycles. The quantitative estimate of drug-likeness (QED) is 0.110. The van der Waals surface area contributed by atoms with Crippen LogP contribution in [0.15, 0.2) is 36.4 Å². The van der Waals surface area contributed by atoms with Gasteiger partial charge < -0.3 is 42.1 Å². The highest BCUT2D eigenvalue weighted by Crippen LogP contribution is 2.26. The number of nitrogens with two attached hydrogens (primary N) is 1. The lowest BCUT2D eigenvalue weighted by molar-refractivity contribution is -0.130. The lowest BCUT2D eigenvalue weighted by Gasteiger charge is -2.25. The van der Waals surface area contributed by atoms with Crippen molar-refractivity contribution < 1.29 is 34.8 Å². The first kappa shape index (κ1) is 33.4. The molecule has 9 N–H and O–H groups in total. The summed E-state index contributed by atoms with van der Waals surface area (Å²) in [4.78, 5) is 38.6. The zero-order valence-corrected chi connectivity index (χ0v) is 24.2. The van der Waals surface area contributed by atoms with Gasteiger partial charge in [-0.25, -0.2) is 0 Å². The zero-order chi connectivity index (χ0) is 30.7. The summed E-state index contributed by atoms with van der Waals surface area (Å²) in [6.07, 6.45) is 1.96. The molecule has 0 heterocycles. The van der Waals surface area contributed by atoms with Crippen LogP contribution in [-0.4, -0.2) is 68.7 Å². The molecule has 2 amide bonds. The predicted molar refractivity (Wildman–Crippen MR) is 156 cm³/mol. The number of nitrogens with one attached hydrogen (secondary N) is 3. The van der Waals surface area contributed by atoms with Gasteiger partial charge in [0.1, 0.15) is 0 Å². The summed E-state index contributed by atoms with van der Waals surface area (Å²) in [7, 11) is 0. The average molecular weight is 573 g/mol. The molecule has 11 heteroatoms. The Morgan fingerprint density at radius 3 is 1.83 bits per heavy atom. The lowest BCUT2D eigenvalue weighted by Crippen LogP contribution is -2.53. The fraction of sp³-hybridized carbons (Fsp3) is 0.500. The van der Waals surface area contributed by atoms with Crippen molar-refractivity contribution in [2.45, 2.75) is 84.0 Å². The molecular formula is C30H44N4O7. The third-order valence-corrected chi connectivity index (χ3v) is 6.61. The summed E-state index contributed by atoms with van der Waals surface area (Å²) >= 11 is 0. The topological polar surface area (TPSA) is 194 Å². The molecule has 0 spiro atoms. The number of phenolic OH excluding ortho intramolecular Hbond substituents is 4. The van der Waals surface area contributed by atoms with E-state index in [9.17, 15) is 34.8 Å². The fourth-order valence-electron chi connectivity index (χ4n) is 4.38. The Balaban J connectivity index is 1.92. The highest BCUT2D eigenvalue weighted by Gasteiger charge is 2.27. The molecule has 0 aliphatic rings. The standard InChI is InChI=1S/C30H44N4O7/c1-17(2)28(39)22(34-30(41)23(33-18(3)4)14-20-9-11-25(36)27(38)16-20)7-5-6-12-32-29(40)21(31)13-19-8-10-24(35)26(37)15-19/h8-11,15-18,21-23,33,35-38H,5-7,12-14,31H2,1-4H3,(H,32,40)(H,34,41)/t21-,22-,23-/m0/s1. The van der Waals surface area contributed by atoms with E-state index >= 15 is 0 Å². The van der Waals surface area contributed by atoms with Crippen molar-refractivity contribution in [2.75, 3.05) is 6.54 Å². The third-order valence-electron chi connectivity index (χ3n) is 6.61. The van der Waals surface area contributed by atoms with E-state index in [1.54, 1.807) is 26.0 Å². The number of carbonyl (C=O) groups excluding carboxylic acids is 3. The molecule has 0 aromatic heterocycles. The predicted octanol–water partition coefficient (Wildman–Crippen LogP) is 1.98. The van der Waals surface area contributed by atoms with Crippen LogP contribution in [0, 0.1) is 5.92 Å². The van der Waals surface area contributed by atoms with E-state index in [0.29, 0.717) is 36.9 Å². The Morgan fingerprint density at radius 1 is 0.756 bits per heavy atom. The third kappa shape index (κ3) is 10.9. The SMILES string of the molecule is CC(C)N[C@@H](Cc1ccc(O)c(O)c1)C(=O)N[C@@H](CCCCNC(=O)[C@@H](N)Cc1ccc(O)c(O)c1)C(=O)C(C)C. The summed E-state index contributed by atoms with van der Waals surface area (Å²) in [5, 5.41) is 47.3. The maximum Gasteiger partial charge on any atom is 0.238 e. The van der Waals surface area contributed by atoms with Crippen LogP contribution < -0.4 is 21.7 Å². The molecule has 0 aliphatic carbocycles. The zero-order valence-electron chi connectivity index (χ0n) is 24.2. The van der Waals surface area contributed by atoms with Crippen molar-refractivity contribution in [3.8, 4) is 23.0 Å². The molecule has 0 aliphatic heterocycles. The van der Waals surface area contributed by atoms with Crippen LogP contribution in [0.4, 0.5) is 0 Å². The second-order valence-electron chi connectivity index (χ2n) is 10.9. The Kier molecular flexibility index (Phi) is 12.9. The normalized spacial score (nSPS) is 13.5. The van der Waals surface area contributed by atoms with Crippen LogP contribution in [0.5, 0.6) is 23.0 Å². The van der Waals surface area contributed by atoms with Crippen LogP contribution >= 0.6 is 0 Å². The first-order valence-corrected chi connectivity index (χ1v) is 13.9. The van der Waals surface area contributed by atoms with E-state index in [2.05, 4.69) is 16.0 Å². The largest absolute Gasteiger partial charge is 0.504 e. The van der Waals surface area contributed by atoms with Gasteiger partial charge in [-0.05, 0) is 67.5 Å². The van der Waals surface area contributed by atoms with Crippen molar-refractivity contribution >= 4 is 17.6 Å². The second-order valence-corrected chi connectivity index (χ2v) is 10.9. The minimum absolute atomic E-state index is 0.0228. The Bertz CT molecular complexity index is 1190. The summed E-state index contributed by atoms with van der Waals surface area (Å²) in [6.45, 7) is 7.70. The van der Waals surface area contributed by atoms with E-state index < -0.39 is 18.1 Å². The second kappa shape index (κ2) is 15.8. The number of hydrogen-bond donors (Lipinski definition) is 8. The number of amides is 2. The van der Waals surface area contributed by atoms with E-state index in [0.717, 1.165) is 0 Å². The fourth-order valence-corrected chi connectivity index (χ4v) is 4.38. The van der Waals surface area contributed by atoms with Crippen LogP contribution in [0.25, 0.3) is 0 Å². The summed E-state index contributed by atoms with van der Waals surface area (Å²) < 4.78 is 0. The highest BCUT2D eigenvalue weighted by atomic mass is 16.3. The van der Waals surface area contributed by atoms with Crippen molar-refractivity contribution in [3.05, 3.63) is 47.5 Å². The number of unbranched alkanes of at least 4 members (excludes halogenated alkanes) is 1. The van der Waals surface area contributed by atoms with Crippen molar-refractivity contribution in [1.29, 1.82) is 0 Å². The Hall–Kier alpha value is -3.83. The van der Waals surface area contributed by atoms with Gasteiger partial charge in [0.25, 0.3) is 0 Å². The Morgan fingerprint density at radius 2 is 1.32 bits per heavy atom. The number of ketones is 1. The van der Waals surface area contributed by atoms with E-state index in [1.807, 2.05) is 13.8 Å². The molecule has 0 unspecified atom stereocenters. The molecule has 0 saturated heterocycles. The van der Waals surface area contributed by atoms with Gasteiger partial charge in [0, 0.05) is 18.5 Å². The van der Waals surface area contributed by atoms with Crippen LogP contribution in [0.1, 0.15) is 58.1 Å². The van der Waals surface area contributed by atoms with E-state index in [4.69, 9.17) is 5.73 Å². The van der Waals surface area contributed by atoms with E-state index in [-0.39, 0.29) is 65.4 Å². The molecule has 2 aromatic carbocycles. The van der Waals surface area contributed by atoms with Crippen LogP contribution in [0.2, 0.25) is 0 Å². The van der Waals surface area contributed by atoms with Crippen molar-refractivity contribution in [3.63, 3.8) is 0 Å². The molecule has 3 atom stereocenters. The molecule has 11 nitrogen and oxygen atoms in total. The summed E-state index contributed by atoms with van der Waals surface area (Å²) in [5.41, 5.74) is 7.24. The maximum absolute atomic E-state index is 13.3. The number of rotatable bonds is 16. The number of carbonyl (C=O) groups is 3. The number of phenols is 4. The van der Waals surface area contributed by atoms with Gasteiger partial charge in [0.15, 0.2) is 28.8 Å². The average Bonchev–Trinajstić information content (AvgIpc) is 2.90. The van der Waals surface area contributed by atoms with E-state index in [1.165, 1.54) is 24.3 Å². The number of hydrogen-bond acceptors (Lipinski definition) is 9. The van der Waals surface area contributed by atoms with Gasteiger partial charge >= 0.3 is 0 Å². The van der Waals surface area contributed by atoms with Gasteiger partial charge in [-0.1, -0.05) is 39.8 Å². The molecule has 226 valence electrons. The van der Waals surface area contributed by atoms with Gasteiger partial charge in [-0.2, -0.15) is 0 Å². The number of aromatic hydroxyl groups is 4. The Labute approximate surface area is 241 Å². The molecule has 0 radical (unpaired) electrons. The molecule has 2 aromatic rings. The molecule has 0 bridgehead atoms. The first-order valence-electron chi connectivity index (χ1n) is 13.9. The smallest absolute Gasteiger partial charge is 0.238 e. The minimum Gasteiger partial charge on any atom is -0.504 e. The van der Waals surface area contributed by atoms with Crippen LogP contribution in [0.3, 0.4) is 0 Å². The molecular weight excluding hydrogens is 528 g/mol. The van der Waals surface area contributed by atoms with Crippen LogP contribution in [-0.2, 0) is 27.2 Å². The molecule has 2 rings (SSSR count). The molecule has 41 heavy (non-hydrogen) atoms. The van der Waals surface area contributed by atoms with Crippen molar-refractivity contribution in [1.82, 2.24) is 16.0 Å². The highest BCUT2D eigenvalue weighted by molar-refractivity contribution is 5.92. The minimum atomic E-state index is -0.839. The van der Waals surface area contributed by atoms with Gasteiger partial charge in [0.05, 0.1) is 18.1 Å². The van der Waals surface area contributed by atoms with Gasteiger partial charge in [-0.3, -0.25) is 14.4 Å². The monoisotopic (exact) mass is 572 g/mol. The molecule has 0 fully saturated rings. The summed E-state index contributed by atoms with van der Waals surface area (Å²) in [6, 6.07) is 6.44. The summed E-state index contributed by atoms with van der Waals surface area (Å²) in [5.74, 6) is -2.12. The maximum atomic E-state index is 13.3. The van der Waals surface area contributed by atoms with Gasteiger partial charge in [-0.15, -0.1) is 0 Å². The number of benzene rings is 2. The number of Topliss-reactive ketones (excluding diaryl/α,β-unsaturated/α-hetero) is 1. The van der Waals surface area contributed by atoms with Gasteiger partial charge in [0.2, 0.25) is 11.8 Å².